The number of halogens is 1. The van der Waals surface area contributed by atoms with E-state index in [4.69, 9.17) is 16.9 Å². The lowest BCUT2D eigenvalue weighted by atomic mass is 9.99. The fraction of sp³-hybridized carbons (Fsp3) is 0.435. The highest BCUT2D eigenvalue weighted by molar-refractivity contribution is 7.90. The van der Waals surface area contributed by atoms with Crippen molar-refractivity contribution in [2.75, 3.05) is 5.32 Å². The number of anilines is 2. The summed E-state index contributed by atoms with van der Waals surface area (Å²) in [6, 6.07) is 9.51. The first kappa shape index (κ1) is 20.9. The average Bonchev–Trinajstić information content (AvgIpc) is 3.52. The number of fused-ring (bicyclic) bond motifs is 3. The summed E-state index contributed by atoms with van der Waals surface area (Å²) in [6.07, 6.45) is 8.65. The van der Waals surface area contributed by atoms with E-state index in [1.54, 1.807) is 18.2 Å². The van der Waals surface area contributed by atoms with E-state index in [0.29, 0.717) is 22.1 Å². The van der Waals surface area contributed by atoms with E-state index in [0.717, 1.165) is 49.6 Å². The number of piperidine rings is 1. The second-order valence-electron chi connectivity index (χ2n) is 9.20. The standard InChI is InChI=1S/C23H23ClN6O2S/c24-20-9-14(12-25)1-6-21(20)28-22-19-7-8-29(23(19)27-13-26-22)17-10-15-2-3-16(11-17)30(15)33(31,32)18-4-5-18/h1,6-9,13,15-18H,2-5,10-11H2,(H,26,27,28)/t15-,16-/m0/s1. The Bertz CT molecular complexity index is 1380. The number of benzene rings is 1. The maximum atomic E-state index is 13.0. The number of rotatable bonds is 5. The first-order valence-electron chi connectivity index (χ1n) is 11.3. The molecule has 2 aromatic heterocycles. The summed E-state index contributed by atoms with van der Waals surface area (Å²) in [4.78, 5) is 8.96. The fourth-order valence-electron chi connectivity index (χ4n) is 5.46. The molecule has 6 rings (SSSR count). The molecule has 1 aliphatic carbocycles. The zero-order valence-electron chi connectivity index (χ0n) is 17.9. The summed E-state index contributed by atoms with van der Waals surface area (Å²) in [6.45, 7) is 0. The van der Waals surface area contributed by atoms with Gasteiger partial charge in [0.25, 0.3) is 0 Å². The van der Waals surface area contributed by atoms with Crippen LogP contribution in [0, 0.1) is 11.3 Å². The van der Waals surface area contributed by atoms with E-state index in [1.165, 1.54) is 6.33 Å². The molecule has 10 heteroatoms. The maximum absolute atomic E-state index is 13.0. The van der Waals surface area contributed by atoms with Gasteiger partial charge in [-0.25, -0.2) is 18.4 Å². The number of sulfonamides is 1. The predicted molar refractivity (Wildman–Crippen MR) is 126 cm³/mol. The Labute approximate surface area is 197 Å². The number of nitrogens with one attached hydrogen (secondary N) is 1. The number of nitrogens with zero attached hydrogens (tertiary/aromatic N) is 5. The highest BCUT2D eigenvalue weighted by atomic mass is 35.5. The zero-order valence-corrected chi connectivity index (χ0v) is 19.4. The van der Waals surface area contributed by atoms with Crippen LogP contribution in [-0.4, -0.2) is 44.6 Å². The van der Waals surface area contributed by atoms with E-state index in [1.807, 2.05) is 16.6 Å². The quantitative estimate of drug-likeness (QED) is 0.579. The second kappa shape index (κ2) is 7.69. The average molecular weight is 483 g/mol. The molecule has 0 amide bonds. The van der Waals surface area contributed by atoms with Gasteiger partial charge in [0.15, 0.2) is 0 Å². The molecule has 4 heterocycles. The van der Waals surface area contributed by atoms with E-state index in [9.17, 15) is 8.42 Å². The van der Waals surface area contributed by atoms with Gasteiger partial charge in [-0.3, -0.25) is 0 Å². The summed E-state index contributed by atoms with van der Waals surface area (Å²) in [7, 11) is -3.15. The van der Waals surface area contributed by atoms with E-state index < -0.39 is 10.0 Å². The van der Waals surface area contributed by atoms with Crippen LogP contribution in [0.15, 0.2) is 36.8 Å². The number of nitriles is 1. The van der Waals surface area contributed by atoms with E-state index in [-0.39, 0.29) is 23.4 Å². The van der Waals surface area contributed by atoms with Crippen molar-refractivity contribution in [1.82, 2.24) is 18.8 Å². The van der Waals surface area contributed by atoms with Crippen molar-refractivity contribution in [3.8, 4) is 6.07 Å². The van der Waals surface area contributed by atoms with E-state index in [2.05, 4.69) is 25.9 Å². The van der Waals surface area contributed by atoms with Crippen LogP contribution >= 0.6 is 11.6 Å². The van der Waals surface area contributed by atoms with Gasteiger partial charge in [0.1, 0.15) is 17.8 Å². The maximum Gasteiger partial charge on any atom is 0.217 e. The van der Waals surface area contributed by atoms with Crippen LogP contribution in [-0.2, 0) is 10.0 Å². The van der Waals surface area contributed by atoms with Gasteiger partial charge in [-0.15, -0.1) is 0 Å². The molecule has 2 saturated heterocycles. The first-order chi connectivity index (χ1) is 16.0. The number of hydrogen-bond acceptors (Lipinski definition) is 6. The molecule has 8 nitrogen and oxygen atoms in total. The third-order valence-electron chi connectivity index (χ3n) is 7.13. The Morgan fingerprint density at radius 1 is 1.06 bits per heavy atom. The van der Waals surface area contributed by atoms with Gasteiger partial charge < -0.3 is 9.88 Å². The van der Waals surface area contributed by atoms with Gasteiger partial charge in [0.05, 0.1) is 33.0 Å². The normalized spacial score (nSPS) is 25.3. The third-order valence-corrected chi connectivity index (χ3v) is 9.95. The molecule has 0 spiro atoms. The molecule has 3 fully saturated rings. The predicted octanol–water partition coefficient (Wildman–Crippen LogP) is 4.36. The van der Waals surface area contributed by atoms with Gasteiger partial charge >= 0.3 is 0 Å². The molecule has 2 bridgehead atoms. The Kier molecular flexibility index (Phi) is 4.87. The minimum absolute atomic E-state index is 0.0775. The highest BCUT2D eigenvalue weighted by Crippen LogP contribution is 2.46. The van der Waals surface area contributed by atoms with Crippen molar-refractivity contribution in [3.05, 3.63) is 47.4 Å². The smallest absolute Gasteiger partial charge is 0.217 e. The van der Waals surface area contributed by atoms with Crippen LogP contribution in [0.5, 0.6) is 0 Å². The summed E-state index contributed by atoms with van der Waals surface area (Å²) in [5, 5.41) is 13.5. The van der Waals surface area contributed by atoms with Crippen LogP contribution in [0.25, 0.3) is 11.0 Å². The van der Waals surface area contributed by atoms with Crippen molar-refractivity contribution in [2.45, 2.75) is 61.9 Å². The molecule has 0 unspecified atom stereocenters. The van der Waals surface area contributed by atoms with Gasteiger partial charge in [-0.2, -0.15) is 9.57 Å². The van der Waals surface area contributed by atoms with Crippen molar-refractivity contribution in [2.24, 2.45) is 0 Å². The fourth-order valence-corrected chi connectivity index (χ4v) is 7.98. The van der Waals surface area contributed by atoms with Gasteiger partial charge in [-0.05, 0) is 62.8 Å². The monoisotopic (exact) mass is 482 g/mol. The van der Waals surface area contributed by atoms with Crippen molar-refractivity contribution in [3.63, 3.8) is 0 Å². The molecule has 1 aromatic carbocycles. The molecule has 3 aromatic rings. The Morgan fingerprint density at radius 3 is 2.48 bits per heavy atom. The van der Waals surface area contributed by atoms with Gasteiger partial charge in [-0.1, -0.05) is 11.6 Å². The summed E-state index contributed by atoms with van der Waals surface area (Å²) < 4.78 is 29.9. The molecular weight excluding hydrogens is 460 g/mol. The lowest BCUT2D eigenvalue weighted by Crippen LogP contribution is -2.48. The van der Waals surface area contributed by atoms with Crippen molar-refractivity contribution in [1.29, 1.82) is 5.26 Å². The largest absolute Gasteiger partial charge is 0.338 e. The van der Waals surface area contributed by atoms with E-state index >= 15 is 0 Å². The lowest BCUT2D eigenvalue weighted by Gasteiger charge is -2.38. The second-order valence-corrected chi connectivity index (χ2v) is 11.7. The van der Waals surface area contributed by atoms with Crippen LogP contribution in [0.1, 0.15) is 50.1 Å². The molecule has 33 heavy (non-hydrogen) atoms. The number of aromatic nitrogens is 3. The Balaban J connectivity index is 1.28. The zero-order chi connectivity index (χ0) is 22.7. The Hall–Kier alpha value is -2.67. The summed E-state index contributed by atoms with van der Waals surface area (Å²) in [5.41, 5.74) is 1.98. The molecule has 0 radical (unpaired) electrons. The molecule has 1 saturated carbocycles. The summed E-state index contributed by atoms with van der Waals surface area (Å²) in [5.74, 6) is 0.641. The third kappa shape index (κ3) is 3.48. The van der Waals surface area contributed by atoms with Crippen molar-refractivity contribution < 1.29 is 8.42 Å². The minimum Gasteiger partial charge on any atom is -0.338 e. The molecule has 2 atom stereocenters. The van der Waals surface area contributed by atoms with Crippen LogP contribution in [0.3, 0.4) is 0 Å². The Morgan fingerprint density at radius 2 is 1.82 bits per heavy atom. The van der Waals surface area contributed by atoms with Gasteiger partial charge in [0, 0.05) is 24.3 Å². The number of hydrogen-bond donors (Lipinski definition) is 1. The lowest BCUT2D eigenvalue weighted by molar-refractivity contribution is 0.195. The van der Waals surface area contributed by atoms with Crippen LogP contribution in [0.2, 0.25) is 5.02 Å². The molecule has 170 valence electrons. The van der Waals surface area contributed by atoms with Gasteiger partial charge in [0.2, 0.25) is 10.0 Å². The molecule has 3 aliphatic rings. The van der Waals surface area contributed by atoms with Crippen LogP contribution in [0.4, 0.5) is 11.5 Å². The summed E-state index contributed by atoms with van der Waals surface area (Å²) >= 11 is 6.34. The molecule has 1 N–H and O–H groups in total. The SMILES string of the molecule is N#Cc1ccc(Nc2ncnc3c2ccn3C2C[C@@H]3CC[C@@H](C2)N3S(=O)(=O)C2CC2)c(Cl)c1. The molecule has 2 aliphatic heterocycles. The topological polar surface area (TPSA) is 104 Å². The van der Waals surface area contributed by atoms with Crippen LogP contribution < -0.4 is 5.32 Å². The minimum atomic E-state index is -3.15. The molecular formula is C23H23ClN6O2S. The highest BCUT2D eigenvalue weighted by Gasteiger charge is 2.51. The van der Waals surface area contributed by atoms with Crippen molar-refractivity contribution >= 4 is 44.2 Å². The first-order valence-corrected chi connectivity index (χ1v) is 13.1.